The van der Waals surface area contributed by atoms with Crippen molar-refractivity contribution >= 4 is 10.9 Å². The van der Waals surface area contributed by atoms with Crippen LogP contribution in [-0.2, 0) is 6.42 Å². The van der Waals surface area contributed by atoms with E-state index in [0.29, 0.717) is 12.5 Å². The largest absolute Gasteiger partial charge is 0.388 e. The van der Waals surface area contributed by atoms with Crippen LogP contribution in [0.4, 0.5) is 4.39 Å². The smallest absolute Gasteiger partial charge is 0.123 e. The number of hydrogen-bond acceptors (Lipinski definition) is 3. The lowest BCUT2D eigenvalue weighted by Crippen LogP contribution is -2.50. The molecule has 3 heterocycles. The Balaban J connectivity index is 1.23. The van der Waals surface area contributed by atoms with Gasteiger partial charge < -0.3 is 15.0 Å². The number of hydrogen-bond donors (Lipinski definition) is 2. The minimum absolute atomic E-state index is 0.261. The molecule has 0 unspecified atom stereocenters. The Labute approximate surface area is 170 Å². The second-order valence-corrected chi connectivity index (χ2v) is 8.37. The van der Waals surface area contributed by atoms with Crippen LogP contribution < -0.4 is 0 Å². The van der Waals surface area contributed by atoms with E-state index >= 15 is 0 Å². The first-order valence-electron chi connectivity index (χ1n) is 10.7. The van der Waals surface area contributed by atoms with E-state index in [-0.39, 0.29) is 5.82 Å². The number of aliphatic hydroxyl groups is 1. The van der Waals surface area contributed by atoms with Crippen molar-refractivity contribution in [2.75, 3.05) is 32.7 Å². The molecule has 1 aromatic heterocycles. The normalized spacial score (nSPS) is 21.1. The van der Waals surface area contributed by atoms with Crippen LogP contribution in [0, 0.1) is 5.82 Å². The number of aliphatic hydroxyl groups excluding tert-OH is 1. The lowest BCUT2D eigenvalue weighted by atomic mass is 9.93. The van der Waals surface area contributed by atoms with E-state index in [1.807, 2.05) is 0 Å². The van der Waals surface area contributed by atoms with Crippen molar-refractivity contribution in [1.29, 1.82) is 0 Å². The maximum atomic E-state index is 13.1. The molecule has 2 N–H and O–H groups in total. The van der Waals surface area contributed by atoms with Crippen molar-refractivity contribution in [3.05, 3.63) is 71.2 Å². The van der Waals surface area contributed by atoms with Gasteiger partial charge in [0.25, 0.3) is 0 Å². The summed E-state index contributed by atoms with van der Waals surface area (Å²) in [5, 5.41) is 11.8. The fourth-order valence-corrected chi connectivity index (χ4v) is 5.03. The number of aromatic amines is 1. The zero-order valence-electron chi connectivity index (χ0n) is 16.6. The number of para-hydroxylation sites is 1. The highest BCUT2D eigenvalue weighted by atomic mass is 19.1. The number of halogens is 1. The molecule has 3 aromatic rings. The van der Waals surface area contributed by atoms with E-state index in [1.165, 1.54) is 34.3 Å². The van der Waals surface area contributed by atoms with Gasteiger partial charge in [-0.1, -0.05) is 30.3 Å². The van der Waals surface area contributed by atoms with Gasteiger partial charge in [0.05, 0.1) is 6.10 Å². The molecule has 2 aliphatic heterocycles. The maximum absolute atomic E-state index is 13.1. The number of piperazine rings is 1. The third-order valence-electron chi connectivity index (χ3n) is 6.59. The summed E-state index contributed by atoms with van der Waals surface area (Å²) in [6.07, 6.45) is 2.22. The fourth-order valence-electron chi connectivity index (χ4n) is 5.03. The first-order chi connectivity index (χ1) is 14.2. The van der Waals surface area contributed by atoms with Gasteiger partial charge in [0.1, 0.15) is 5.82 Å². The summed E-state index contributed by atoms with van der Waals surface area (Å²) in [5.74, 6) is -0.261. The molecule has 0 radical (unpaired) electrons. The summed E-state index contributed by atoms with van der Waals surface area (Å²) >= 11 is 0. The predicted octanol–water partition coefficient (Wildman–Crippen LogP) is 4.04. The molecule has 29 heavy (non-hydrogen) atoms. The number of rotatable bonds is 5. The van der Waals surface area contributed by atoms with Crippen LogP contribution in [0.25, 0.3) is 10.9 Å². The lowest BCUT2D eigenvalue weighted by molar-refractivity contribution is 0.0634. The molecule has 5 heteroatoms. The molecular weight excluding hydrogens is 365 g/mol. The zero-order chi connectivity index (χ0) is 19.8. The molecule has 1 fully saturated rings. The van der Waals surface area contributed by atoms with Crippen LogP contribution in [0.2, 0.25) is 0 Å². The second kappa shape index (κ2) is 7.90. The van der Waals surface area contributed by atoms with Gasteiger partial charge in [0.2, 0.25) is 0 Å². The number of H-pyrrole nitrogens is 1. The number of aromatic nitrogens is 1. The Morgan fingerprint density at radius 2 is 1.90 bits per heavy atom. The molecule has 2 atom stereocenters. The Morgan fingerprint density at radius 3 is 2.76 bits per heavy atom. The summed E-state index contributed by atoms with van der Waals surface area (Å²) < 4.78 is 13.1. The predicted molar refractivity (Wildman–Crippen MR) is 113 cm³/mol. The third-order valence-corrected chi connectivity index (χ3v) is 6.59. The monoisotopic (exact) mass is 393 g/mol. The van der Waals surface area contributed by atoms with Crippen LogP contribution in [0.1, 0.15) is 41.8 Å². The first kappa shape index (κ1) is 18.8. The molecule has 2 aliphatic rings. The van der Waals surface area contributed by atoms with Gasteiger partial charge in [-0.15, -0.1) is 0 Å². The molecule has 1 saturated heterocycles. The molecule has 0 spiro atoms. The Hall–Kier alpha value is -2.21. The molecule has 152 valence electrons. The van der Waals surface area contributed by atoms with Gasteiger partial charge >= 0.3 is 0 Å². The average Bonchev–Trinajstić information content (AvgIpc) is 3.13. The van der Waals surface area contributed by atoms with Crippen molar-refractivity contribution in [1.82, 2.24) is 14.8 Å². The number of nitrogens with one attached hydrogen (secondary N) is 1. The summed E-state index contributed by atoms with van der Waals surface area (Å²) in [5.41, 5.74) is 4.94. The van der Waals surface area contributed by atoms with Gasteiger partial charge in [-0.3, -0.25) is 4.90 Å². The zero-order valence-corrected chi connectivity index (χ0v) is 16.6. The number of benzene rings is 2. The van der Waals surface area contributed by atoms with Crippen LogP contribution >= 0.6 is 0 Å². The standard InChI is InChI=1S/C24H28FN3O/c25-18-9-7-17(8-10-18)23(29)6-3-12-27-14-15-28-13-11-21-24(22(28)16-27)19-4-1-2-5-20(19)26-21/h1-2,4-5,7-10,22-23,26,29H,3,6,11-16H2/t22-,23+/m1/s1. The van der Waals surface area contributed by atoms with Crippen LogP contribution in [0.5, 0.6) is 0 Å². The maximum Gasteiger partial charge on any atom is 0.123 e. The van der Waals surface area contributed by atoms with Crippen LogP contribution in [0.3, 0.4) is 0 Å². The second-order valence-electron chi connectivity index (χ2n) is 8.37. The van der Waals surface area contributed by atoms with E-state index in [2.05, 4.69) is 39.0 Å². The minimum Gasteiger partial charge on any atom is -0.388 e. The van der Waals surface area contributed by atoms with Gasteiger partial charge in [-0.2, -0.15) is 0 Å². The van der Waals surface area contributed by atoms with Crippen molar-refractivity contribution < 1.29 is 9.50 Å². The van der Waals surface area contributed by atoms with Gasteiger partial charge in [-0.05, 0) is 48.7 Å². The molecule has 5 rings (SSSR count). The minimum atomic E-state index is -0.521. The number of nitrogens with zero attached hydrogens (tertiary/aromatic N) is 2. The summed E-state index contributed by atoms with van der Waals surface area (Å²) in [6, 6.07) is 15.3. The van der Waals surface area contributed by atoms with Gasteiger partial charge in [0, 0.05) is 55.2 Å². The van der Waals surface area contributed by atoms with Gasteiger partial charge in [0.15, 0.2) is 0 Å². The topological polar surface area (TPSA) is 42.5 Å². The quantitative estimate of drug-likeness (QED) is 0.688. The Morgan fingerprint density at radius 1 is 1.07 bits per heavy atom. The lowest BCUT2D eigenvalue weighted by Gasteiger charge is -2.44. The highest BCUT2D eigenvalue weighted by molar-refractivity contribution is 5.85. The van der Waals surface area contributed by atoms with Crippen molar-refractivity contribution in [2.45, 2.75) is 31.4 Å². The van der Waals surface area contributed by atoms with E-state index in [4.69, 9.17) is 0 Å². The van der Waals surface area contributed by atoms with Crippen LogP contribution in [-0.4, -0.2) is 52.6 Å². The molecule has 0 aliphatic carbocycles. The molecule has 2 aromatic carbocycles. The molecular formula is C24H28FN3O. The van der Waals surface area contributed by atoms with E-state index < -0.39 is 6.10 Å². The van der Waals surface area contributed by atoms with E-state index in [0.717, 1.165) is 51.1 Å². The Kier molecular flexibility index (Phi) is 5.12. The highest BCUT2D eigenvalue weighted by Crippen LogP contribution is 2.37. The first-order valence-corrected chi connectivity index (χ1v) is 10.7. The van der Waals surface area contributed by atoms with Crippen LogP contribution in [0.15, 0.2) is 48.5 Å². The highest BCUT2D eigenvalue weighted by Gasteiger charge is 2.34. The third kappa shape index (κ3) is 3.70. The summed E-state index contributed by atoms with van der Waals surface area (Å²) in [6.45, 7) is 5.34. The van der Waals surface area contributed by atoms with E-state index in [1.54, 1.807) is 12.1 Å². The SMILES string of the molecule is O[C@@H](CCCN1CCN2CCc3[nH]c4ccccc4c3[C@H]2C1)c1ccc(F)cc1. The van der Waals surface area contributed by atoms with Crippen molar-refractivity contribution in [3.8, 4) is 0 Å². The average molecular weight is 394 g/mol. The summed E-state index contributed by atoms with van der Waals surface area (Å²) in [4.78, 5) is 8.81. The van der Waals surface area contributed by atoms with Gasteiger partial charge in [-0.25, -0.2) is 4.39 Å². The fraction of sp³-hybridized carbons (Fsp3) is 0.417. The molecule has 0 bridgehead atoms. The van der Waals surface area contributed by atoms with Crippen molar-refractivity contribution in [3.63, 3.8) is 0 Å². The molecule has 0 saturated carbocycles. The molecule has 4 nitrogen and oxygen atoms in total. The van der Waals surface area contributed by atoms with Crippen molar-refractivity contribution in [2.24, 2.45) is 0 Å². The summed E-state index contributed by atoms with van der Waals surface area (Å²) in [7, 11) is 0. The number of fused-ring (bicyclic) bond motifs is 5. The Bertz CT molecular complexity index is 983. The molecule has 0 amide bonds. The van der Waals surface area contributed by atoms with E-state index in [9.17, 15) is 9.50 Å².